The third kappa shape index (κ3) is 4.01. The average molecular weight is 256 g/mol. The van der Waals surface area contributed by atoms with E-state index in [9.17, 15) is 4.79 Å². The molecule has 1 rings (SSSR count). The zero-order valence-electron chi connectivity index (χ0n) is 8.37. The summed E-state index contributed by atoms with van der Waals surface area (Å²) in [6, 6.07) is 6.96. The molecule has 0 aliphatic heterocycles. The van der Waals surface area contributed by atoms with Crippen molar-refractivity contribution in [2.45, 2.75) is 4.90 Å². The number of anilines is 1. The van der Waals surface area contributed by atoms with Crippen LogP contribution in [-0.2, 0) is 4.79 Å². The molecule has 0 bridgehead atoms. The summed E-state index contributed by atoms with van der Waals surface area (Å²) in [5, 5.41) is 11.2. The molecule has 0 saturated carbocycles. The molecule has 1 aromatic rings. The molecule has 1 aromatic carbocycles. The molecule has 0 spiro atoms. The molecule has 1 amide bonds. The Balaban J connectivity index is 2.49. The van der Waals surface area contributed by atoms with Crippen LogP contribution in [0.1, 0.15) is 0 Å². The van der Waals surface area contributed by atoms with E-state index >= 15 is 0 Å². The van der Waals surface area contributed by atoms with Gasteiger partial charge in [-0.3, -0.25) is 4.79 Å². The molecular formula is C10H10ClN3OS. The zero-order chi connectivity index (χ0) is 12.0. The largest absolute Gasteiger partial charge is 0.399 e. The van der Waals surface area contributed by atoms with E-state index in [2.05, 4.69) is 5.32 Å². The van der Waals surface area contributed by atoms with Gasteiger partial charge in [-0.1, -0.05) is 11.6 Å². The second-order valence-electron chi connectivity index (χ2n) is 2.91. The number of hydrogen-bond donors (Lipinski definition) is 2. The van der Waals surface area contributed by atoms with Crippen molar-refractivity contribution in [2.24, 2.45) is 0 Å². The molecule has 0 radical (unpaired) electrons. The number of thioether (sulfide) groups is 1. The number of nitrogens with zero attached hydrogens (tertiary/aromatic N) is 1. The molecule has 0 aliphatic rings. The fourth-order valence-electron chi connectivity index (χ4n) is 0.967. The molecule has 3 N–H and O–H groups in total. The van der Waals surface area contributed by atoms with Gasteiger partial charge in [0, 0.05) is 10.6 Å². The van der Waals surface area contributed by atoms with Gasteiger partial charge in [0.1, 0.15) is 6.54 Å². The molecule has 0 aromatic heterocycles. The van der Waals surface area contributed by atoms with Crippen LogP contribution in [0.2, 0.25) is 5.02 Å². The van der Waals surface area contributed by atoms with Crippen molar-refractivity contribution in [1.82, 2.24) is 5.32 Å². The first-order chi connectivity index (χ1) is 7.63. The minimum atomic E-state index is -0.195. The Morgan fingerprint density at radius 1 is 1.62 bits per heavy atom. The van der Waals surface area contributed by atoms with Gasteiger partial charge in [0.25, 0.3) is 0 Å². The van der Waals surface area contributed by atoms with Crippen molar-refractivity contribution < 1.29 is 4.79 Å². The van der Waals surface area contributed by atoms with Crippen molar-refractivity contribution in [1.29, 1.82) is 5.26 Å². The topological polar surface area (TPSA) is 78.9 Å². The molecule has 0 atom stereocenters. The second kappa shape index (κ2) is 6.26. The number of carbonyl (C=O) groups is 1. The Morgan fingerprint density at radius 2 is 2.38 bits per heavy atom. The summed E-state index contributed by atoms with van der Waals surface area (Å²) < 4.78 is 0. The number of amides is 1. The molecule has 0 aliphatic carbocycles. The van der Waals surface area contributed by atoms with Gasteiger partial charge >= 0.3 is 0 Å². The monoisotopic (exact) mass is 255 g/mol. The highest BCUT2D eigenvalue weighted by Crippen LogP contribution is 2.28. The van der Waals surface area contributed by atoms with Crippen LogP contribution in [0.4, 0.5) is 5.69 Å². The van der Waals surface area contributed by atoms with E-state index in [1.165, 1.54) is 11.8 Å². The minimum Gasteiger partial charge on any atom is -0.399 e. The van der Waals surface area contributed by atoms with E-state index in [0.29, 0.717) is 10.7 Å². The Labute approximate surface area is 103 Å². The van der Waals surface area contributed by atoms with Gasteiger partial charge in [-0.05, 0) is 18.2 Å². The number of carbonyl (C=O) groups excluding carboxylic acids is 1. The Bertz CT molecular complexity index is 431. The van der Waals surface area contributed by atoms with Crippen LogP contribution >= 0.6 is 23.4 Å². The van der Waals surface area contributed by atoms with Crippen molar-refractivity contribution in [3.05, 3.63) is 23.2 Å². The van der Waals surface area contributed by atoms with Gasteiger partial charge < -0.3 is 11.1 Å². The smallest absolute Gasteiger partial charge is 0.231 e. The number of benzene rings is 1. The highest BCUT2D eigenvalue weighted by Gasteiger charge is 2.05. The van der Waals surface area contributed by atoms with Gasteiger partial charge in [0.15, 0.2) is 0 Å². The first-order valence-electron chi connectivity index (χ1n) is 4.45. The van der Waals surface area contributed by atoms with E-state index in [0.717, 1.165) is 4.90 Å². The quantitative estimate of drug-likeness (QED) is 0.487. The maximum atomic E-state index is 11.2. The summed E-state index contributed by atoms with van der Waals surface area (Å²) in [6.07, 6.45) is 0. The van der Waals surface area contributed by atoms with Crippen molar-refractivity contribution in [2.75, 3.05) is 18.0 Å². The molecule has 6 heteroatoms. The summed E-state index contributed by atoms with van der Waals surface area (Å²) in [7, 11) is 0. The molecule has 0 unspecified atom stereocenters. The molecule has 4 nitrogen and oxygen atoms in total. The van der Waals surface area contributed by atoms with Gasteiger partial charge in [0.05, 0.1) is 16.8 Å². The lowest BCUT2D eigenvalue weighted by Gasteiger charge is -2.04. The number of nitriles is 1. The Kier molecular flexibility index (Phi) is 4.96. The standard InChI is InChI=1S/C10H10ClN3OS/c11-8-5-7(13)1-2-9(8)16-6-10(15)14-4-3-12/h1-2,5H,4,6,13H2,(H,14,15). The molecule has 16 heavy (non-hydrogen) atoms. The first kappa shape index (κ1) is 12.7. The number of nitrogens with two attached hydrogens (primary N) is 1. The maximum Gasteiger partial charge on any atom is 0.231 e. The molecular weight excluding hydrogens is 246 g/mol. The number of nitrogen functional groups attached to an aromatic ring is 1. The van der Waals surface area contributed by atoms with Crippen molar-refractivity contribution in [3.8, 4) is 6.07 Å². The minimum absolute atomic E-state index is 0.0227. The highest BCUT2D eigenvalue weighted by molar-refractivity contribution is 8.00. The fourth-order valence-corrected chi connectivity index (χ4v) is 2.07. The zero-order valence-corrected chi connectivity index (χ0v) is 9.94. The molecule has 0 fully saturated rings. The first-order valence-corrected chi connectivity index (χ1v) is 5.81. The van der Waals surface area contributed by atoms with E-state index in [4.69, 9.17) is 22.6 Å². The molecule has 0 heterocycles. The van der Waals surface area contributed by atoms with Crippen LogP contribution in [0.25, 0.3) is 0 Å². The van der Waals surface area contributed by atoms with E-state index in [-0.39, 0.29) is 18.2 Å². The number of nitrogens with one attached hydrogen (secondary N) is 1. The molecule has 84 valence electrons. The second-order valence-corrected chi connectivity index (χ2v) is 4.34. The fraction of sp³-hybridized carbons (Fsp3) is 0.200. The van der Waals surface area contributed by atoms with Crippen molar-refractivity contribution in [3.63, 3.8) is 0 Å². The third-order valence-corrected chi connectivity index (χ3v) is 3.18. The van der Waals surface area contributed by atoms with E-state index in [1.807, 2.05) is 6.07 Å². The van der Waals surface area contributed by atoms with Crippen molar-refractivity contribution >= 4 is 35.0 Å². The molecule has 0 saturated heterocycles. The number of halogens is 1. The maximum absolute atomic E-state index is 11.2. The normalized spacial score (nSPS) is 9.50. The lowest BCUT2D eigenvalue weighted by atomic mass is 10.3. The van der Waals surface area contributed by atoms with Crippen LogP contribution in [0.15, 0.2) is 23.1 Å². The van der Waals surface area contributed by atoms with Crippen LogP contribution in [0.5, 0.6) is 0 Å². The predicted octanol–water partition coefficient (Wildman–Crippen LogP) is 1.65. The van der Waals surface area contributed by atoms with Crippen LogP contribution in [0, 0.1) is 11.3 Å². The van der Waals surface area contributed by atoms with Crippen LogP contribution < -0.4 is 11.1 Å². The third-order valence-electron chi connectivity index (χ3n) is 1.68. The lowest BCUT2D eigenvalue weighted by molar-refractivity contribution is -0.118. The summed E-state index contributed by atoms with van der Waals surface area (Å²) in [5.41, 5.74) is 6.13. The Morgan fingerprint density at radius 3 is 3.00 bits per heavy atom. The average Bonchev–Trinajstić information content (AvgIpc) is 2.25. The number of hydrogen-bond acceptors (Lipinski definition) is 4. The summed E-state index contributed by atoms with van der Waals surface area (Å²) in [5.74, 6) is 0.0325. The van der Waals surface area contributed by atoms with Gasteiger partial charge in [-0.2, -0.15) is 5.26 Å². The highest BCUT2D eigenvalue weighted by atomic mass is 35.5. The summed E-state index contributed by atoms with van der Waals surface area (Å²) in [6.45, 7) is 0.0227. The van der Waals surface area contributed by atoms with E-state index < -0.39 is 0 Å². The van der Waals surface area contributed by atoms with Crippen LogP contribution in [0.3, 0.4) is 0 Å². The lowest BCUT2D eigenvalue weighted by Crippen LogP contribution is -2.25. The number of rotatable bonds is 4. The Hall–Kier alpha value is -1.38. The van der Waals surface area contributed by atoms with E-state index in [1.54, 1.807) is 18.2 Å². The summed E-state index contributed by atoms with van der Waals surface area (Å²) >= 11 is 7.24. The summed E-state index contributed by atoms with van der Waals surface area (Å²) in [4.78, 5) is 12.0. The predicted molar refractivity (Wildman–Crippen MR) is 65.2 cm³/mol. The van der Waals surface area contributed by atoms with Crippen LogP contribution in [-0.4, -0.2) is 18.2 Å². The van der Waals surface area contributed by atoms with Gasteiger partial charge in [-0.25, -0.2) is 0 Å². The van der Waals surface area contributed by atoms with Gasteiger partial charge in [-0.15, -0.1) is 11.8 Å². The van der Waals surface area contributed by atoms with Gasteiger partial charge in [0.2, 0.25) is 5.91 Å². The SMILES string of the molecule is N#CCNC(=O)CSc1ccc(N)cc1Cl.